The quantitative estimate of drug-likeness (QED) is 0.688. The fraction of sp³-hybridized carbons (Fsp3) is 0.208. The first-order valence-electron chi connectivity index (χ1n) is 9.92. The third kappa shape index (κ3) is 4.15. The van der Waals surface area contributed by atoms with Crippen molar-refractivity contribution in [1.29, 1.82) is 0 Å². The molecule has 1 amide bonds. The number of fused-ring (bicyclic) bond motifs is 1. The lowest BCUT2D eigenvalue weighted by atomic mass is 9.95. The molecule has 1 N–H and O–H groups in total. The number of hydrogen-bond acceptors (Lipinski definition) is 3. The minimum absolute atomic E-state index is 0.176. The zero-order valence-corrected chi connectivity index (χ0v) is 17.6. The fourth-order valence-electron chi connectivity index (χ4n) is 3.79. The van der Waals surface area contributed by atoms with Gasteiger partial charge in [0.15, 0.2) is 0 Å². The second kappa shape index (κ2) is 8.42. The Hall–Kier alpha value is -2.96. The van der Waals surface area contributed by atoms with Crippen molar-refractivity contribution in [3.05, 3.63) is 101 Å². The Morgan fingerprint density at radius 3 is 2.40 bits per heavy atom. The average molecular weight is 421 g/mol. The summed E-state index contributed by atoms with van der Waals surface area (Å²) < 4.78 is 28.3. The third-order valence-corrected chi connectivity index (χ3v) is 7.26. The van der Waals surface area contributed by atoms with Gasteiger partial charge in [-0.05, 0) is 47.7 Å². The molecule has 0 fully saturated rings. The molecule has 0 aromatic heterocycles. The molecule has 0 aliphatic carbocycles. The van der Waals surface area contributed by atoms with Crippen LogP contribution in [0.4, 0.5) is 0 Å². The van der Waals surface area contributed by atoms with E-state index < -0.39 is 16.1 Å². The zero-order chi connectivity index (χ0) is 21.1. The van der Waals surface area contributed by atoms with Crippen molar-refractivity contribution in [3.63, 3.8) is 0 Å². The first-order valence-corrected chi connectivity index (χ1v) is 11.4. The number of rotatable bonds is 5. The summed E-state index contributed by atoms with van der Waals surface area (Å²) >= 11 is 0. The van der Waals surface area contributed by atoms with E-state index in [1.165, 1.54) is 4.31 Å². The number of nitrogens with one attached hydrogen (secondary N) is 1. The van der Waals surface area contributed by atoms with Gasteiger partial charge in [0, 0.05) is 13.1 Å². The fourth-order valence-corrected chi connectivity index (χ4v) is 5.46. The van der Waals surface area contributed by atoms with Gasteiger partial charge in [-0.3, -0.25) is 4.79 Å². The number of carbonyl (C=O) groups is 1. The summed E-state index contributed by atoms with van der Waals surface area (Å²) in [7, 11) is -3.83. The van der Waals surface area contributed by atoms with Crippen LogP contribution in [0.3, 0.4) is 0 Å². The average Bonchev–Trinajstić information content (AvgIpc) is 2.77. The monoisotopic (exact) mass is 420 g/mol. The normalized spacial score (nSPS) is 16.6. The largest absolute Gasteiger partial charge is 0.351 e. The Kier molecular flexibility index (Phi) is 5.70. The van der Waals surface area contributed by atoms with E-state index in [0.717, 1.165) is 22.3 Å². The molecule has 5 nitrogen and oxygen atoms in total. The number of nitrogens with zero attached hydrogens (tertiary/aromatic N) is 1. The molecule has 1 heterocycles. The second-order valence-corrected chi connectivity index (χ2v) is 9.45. The number of amides is 1. The van der Waals surface area contributed by atoms with Crippen LogP contribution in [-0.2, 0) is 34.3 Å². The molecule has 6 heteroatoms. The molecule has 0 saturated carbocycles. The number of aryl methyl sites for hydroxylation is 1. The highest BCUT2D eigenvalue weighted by atomic mass is 32.2. The summed E-state index contributed by atoms with van der Waals surface area (Å²) in [6.07, 6.45) is 0.349. The van der Waals surface area contributed by atoms with E-state index in [-0.39, 0.29) is 17.3 Å². The van der Waals surface area contributed by atoms with Gasteiger partial charge in [-0.2, -0.15) is 4.31 Å². The molecule has 3 aromatic carbocycles. The molecule has 1 atom stereocenters. The first-order chi connectivity index (χ1) is 14.4. The minimum atomic E-state index is -3.83. The lowest BCUT2D eigenvalue weighted by Crippen LogP contribution is -2.52. The van der Waals surface area contributed by atoms with E-state index in [2.05, 4.69) is 5.32 Å². The summed E-state index contributed by atoms with van der Waals surface area (Å²) in [4.78, 5) is 13.3. The van der Waals surface area contributed by atoms with Crippen LogP contribution in [0.15, 0.2) is 83.8 Å². The highest BCUT2D eigenvalue weighted by Gasteiger charge is 2.39. The van der Waals surface area contributed by atoms with Gasteiger partial charge in [-0.25, -0.2) is 8.42 Å². The maximum atomic E-state index is 13.5. The van der Waals surface area contributed by atoms with E-state index in [0.29, 0.717) is 13.0 Å². The molecule has 1 aliphatic rings. The molecule has 154 valence electrons. The van der Waals surface area contributed by atoms with Crippen LogP contribution in [0, 0.1) is 6.92 Å². The molecule has 1 aliphatic heterocycles. The molecule has 0 unspecified atom stereocenters. The lowest BCUT2D eigenvalue weighted by molar-refractivity contribution is -0.125. The molecular formula is C24H24N2O3S. The van der Waals surface area contributed by atoms with E-state index in [1.807, 2.05) is 67.6 Å². The van der Waals surface area contributed by atoms with Crippen molar-refractivity contribution in [1.82, 2.24) is 9.62 Å². The zero-order valence-electron chi connectivity index (χ0n) is 16.8. The maximum absolute atomic E-state index is 13.5. The molecule has 0 bridgehead atoms. The van der Waals surface area contributed by atoms with E-state index >= 15 is 0 Å². The van der Waals surface area contributed by atoms with Crippen molar-refractivity contribution in [2.75, 3.05) is 0 Å². The van der Waals surface area contributed by atoms with Crippen molar-refractivity contribution >= 4 is 15.9 Å². The Morgan fingerprint density at radius 2 is 1.67 bits per heavy atom. The van der Waals surface area contributed by atoms with Crippen molar-refractivity contribution in [2.45, 2.75) is 37.4 Å². The highest BCUT2D eigenvalue weighted by molar-refractivity contribution is 7.89. The van der Waals surface area contributed by atoms with Gasteiger partial charge in [0.25, 0.3) is 0 Å². The van der Waals surface area contributed by atoms with Crippen LogP contribution in [0.25, 0.3) is 0 Å². The minimum Gasteiger partial charge on any atom is -0.351 e. The summed E-state index contributed by atoms with van der Waals surface area (Å²) in [6, 6.07) is 23.3. The SMILES string of the molecule is Cc1cccc(S(=O)(=O)N2Cc3ccccc3C[C@@H]2C(=O)NCc2ccccc2)c1. The molecule has 3 aromatic rings. The summed E-state index contributed by atoms with van der Waals surface area (Å²) in [5.41, 5.74) is 3.77. The van der Waals surface area contributed by atoms with E-state index in [9.17, 15) is 13.2 Å². The van der Waals surface area contributed by atoms with Gasteiger partial charge in [0.05, 0.1) is 4.90 Å². The van der Waals surface area contributed by atoms with E-state index in [4.69, 9.17) is 0 Å². The van der Waals surface area contributed by atoms with Crippen LogP contribution in [-0.4, -0.2) is 24.7 Å². The standard InChI is InChI=1S/C24H24N2O3S/c1-18-8-7-13-22(14-18)30(28,29)26-17-21-12-6-5-11-20(21)15-23(26)24(27)25-16-19-9-3-2-4-10-19/h2-14,23H,15-17H2,1H3,(H,25,27)/t23-/m1/s1. The van der Waals surface area contributed by atoms with E-state index in [1.54, 1.807) is 18.2 Å². The van der Waals surface area contributed by atoms with Gasteiger partial charge >= 0.3 is 0 Å². The van der Waals surface area contributed by atoms with Gasteiger partial charge in [-0.15, -0.1) is 0 Å². The molecule has 4 rings (SSSR count). The van der Waals surface area contributed by atoms with Crippen LogP contribution in [0.1, 0.15) is 22.3 Å². The number of carbonyl (C=O) groups excluding carboxylic acids is 1. The van der Waals surface area contributed by atoms with Gasteiger partial charge in [0.1, 0.15) is 6.04 Å². The van der Waals surface area contributed by atoms with Crippen molar-refractivity contribution in [2.24, 2.45) is 0 Å². The van der Waals surface area contributed by atoms with Crippen molar-refractivity contribution in [3.8, 4) is 0 Å². The third-order valence-electron chi connectivity index (χ3n) is 5.41. The summed E-state index contributed by atoms with van der Waals surface area (Å²) in [5, 5.41) is 2.92. The highest BCUT2D eigenvalue weighted by Crippen LogP contribution is 2.29. The summed E-state index contributed by atoms with van der Waals surface area (Å²) in [5.74, 6) is -0.287. The molecule has 0 spiro atoms. The van der Waals surface area contributed by atoms with Crippen LogP contribution in [0.5, 0.6) is 0 Å². The number of benzene rings is 3. The Morgan fingerprint density at radius 1 is 0.967 bits per heavy atom. The molecule has 0 saturated heterocycles. The summed E-state index contributed by atoms with van der Waals surface area (Å²) in [6.45, 7) is 2.39. The van der Waals surface area contributed by atoms with Gasteiger partial charge < -0.3 is 5.32 Å². The van der Waals surface area contributed by atoms with Crippen LogP contribution < -0.4 is 5.32 Å². The van der Waals surface area contributed by atoms with Gasteiger partial charge in [0.2, 0.25) is 15.9 Å². The molecule has 0 radical (unpaired) electrons. The Balaban J connectivity index is 1.66. The smallest absolute Gasteiger partial charge is 0.244 e. The van der Waals surface area contributed by atoms with Crippen molar-refractivity contribution < 1.29 is 13.2 Å². The topological polar surface area (TPSA) is 66.5 Å². The predicted molar refractivity (Wildman–Crippen MR) is 116 cm³/mol. The Labute approximate surface area is 177 Å². The van der Waals surface area contributed by atoms with Gasteiger partial charge in [-0.1, -0.05) is 66.7 Å². The first kappa shape index (κ1) is 20.3. The lowest BCUT2D eigenvalue weighted by Gasteiger charge is -2.35. The molecular weight excluding hydrogens is 396 g/mol. The number of sulfonamides is 1. The maximum Gasteiger partial charge on any atom is 0.244 e. The number of hydrogen-bond donors (Lipinski definition) is 1. The Bertz CT molecular complexity index is 1160. The van der Waals surface area contributed by atoms with Crippen LogP contribution >= 0.6 is 0 Å². The van der Waals surface area contributed by atoms with Crippen LogP contribution in [0.2, 0.25) is 0 Å². The predicted octanol–water partition coefficient (Wildman–Crippen LogP) is 3.43. The second-order valence-electron chi connectivity index (χ2n) is 7.56. The molecule has 30 heavy (non-hydrogen) atoms.